The second kappa shape index (κ2) is 10.3. The highest BCUT2D eigenvalue weighted by molar-refractivity contribution is 6.46. The van der Waals surface area contributed by atoms with Crippen molar-refractivity contribution in [1.29, 1.82) is 0 Å². The third kappa shape index (κ3) is 4.71. The van der Waals surface area contributed by atoms with Crippen LogP contribution in [0.4, 0.5) is 0 Å². The molecule has 1 heterocycles. The molecule has 0 spiro atoms. The van der Waals surface area contributed by atoms with Crippen LogP contribution in [0, 0.1) is 6.92 Å². The van der Waals surface area contributed by atoms with Crippen LogP contribution in [0.2, 0.25) is 0 Å². The van der Waals surface area contributed by atoms with Gasteiger partial charge in [-0.1, -0.05) is 50.2 Å². The summed E-state index contributed by atoms with van der Waals surface area (Å²) in [6.07, 6.45) is 0. The molecule has 3 aromatic rings. The lowest BCUT2D eigenvalue weighted by Gasteiger charge is -2.26. The molecular weight excluding hydrogens is 454 g/mol. The van der Waals surface area contributed by atoms with Crippen LogP contribution in [0.1, 0.15) is 53.6 Å². The van der Waals surface area contributed by atoms with E-state index in [2.05, 4.69) is 13.8 Å². The molecule has 1 aliphatic heterocycles. The number of likely N-dealkylation sites (tertiary alicyclic amines) is 1. The molecule has 1 amide bonds. The van der Waals surface area contributed by atoms with Crippen LogP contribution in [-0.4, -0.2) is 35.9 Å². The molecule has 1 saturated heterocycles. The van der Waals surface area contributed by atoms with Gasteiger partial charge >= 0.3 is 0 Å². The first kappa shape index (κ1) is 25.0. The fourth-order valence-electron chi connectivity index (χ4n) is 4.56. The van der Waals surface area contributed by atoms with Gasteiger partial charge in [0.05, 0.1) is 25.8 Å². The van der Waals surface area contributed by atoms with Gasteiger partial charge in [-0.15, -0.1) is 0 Å². The Morgan fingerprint density at radius 2 is 1.61 bits per heavy atom. The number of nitrogens with zero attached hydrogens (tertiary/aromatic N) is 1. The van der Waals surface area contributed by atoms with E-state index in [1.165, 1.54) is 4.90 Å². The number of aliphatic hydroxyl groups is 1. The molecule has 0 saturated carbocycles. The van der Waals surface area contributed by atoms with E-state index in [9.17, 15) is 14.7 Å². The van der Waals surface area contributed by atoms with E-state index in [1.807, 2.05) is 55.5 Å². The molecule has 3 aromatic carbocycles. The third-order valence-electron chi connectivity index (χ3n) is 6.64. The number of aliphatic hydroxyl groups excluding tert-OH is 1. The summed E-state index contributed by atoms with van der Waals surface area (Å²) in [5.41, 5.74) is 4.11. The molecule has 1 unspecified atom stereocenters. The number of rotatable bonds is 7. The summed E-state index contributed by atoms with van der Waals surface area (Å²) in [6, 6.07) is 19.7. The Hall–Kier alpha value is -4.06. The number of ketones is 1. The largest absolute Gasteiger partial charge is 0.507 e. The number of carbonyl (C=O) groups excluding carboxylic acids is 2. The van der Waals surface area contributed by atoms with Gasteiger partial charge in [0, 0.05) is 12.1 Å². The highest BCUT2D eigenvalue weighted by atomic mass is 16.5. The molecule has 6 heteroatoms. The van der Waals surface area contributed by atoms with Crippen molar-refractivity contribution in [3.63, 3.8) is 0 Å². The molecule has 1 atom stereocenters. The molecule has 0 bridgehead atoms. The fraction of sp³-hybridized carbons (Fsp3) is 0.267. The van der Waals surface area contributed by atoms with Gasteiger partial charge in [-0.05, 0) is 65.4 Å². The Morgan fingerprint density at radius 3 is 2.17 bits per heavy atom. The summed E-state index contributed by atoms with van der Waals surface area (Å²) in [5.74, 6) is 0.174. The van der Waals surface area contributed by atoms with Gasteiger partial charge in [0.15, 0.2) is 0 Å². The zero-order valence-corrected chi connectivity index (χ0v) is 21.2. The van der Waals surface area contributed by atoms with Gasteiger partial charge in [0.1, 0.15) is 17.3 Å². The third-order valence-corrected chi connectivity index (χ3v) is 6.64. The van der Waals surface area contributed by atoms with Gasteiger partial charge < -0.3 is 19.5 Å². The average molecular weight is 486 g/mol. The Kier molecular flexibility index (Phi) is 7.15. The minimum atomic E-state index is -0.726. The Labute approximate surface area is 211 Å². The van der Waals surface area contributed by atoms with E-state index < -0.39 is 17.7 Å². The SMILES string of the molecule is COc1ccc(CN2C(=O)C(=O)/C(=C(\O)c3ccc(OC)c(C)c3)C2c2ccc(C(C)C)cc2)cc1. The van der Waals surface area contributed by atoms with E-state index in [0.29, 0.717) is 23.0 Å². The number of hydrogen-bond donors (Lipinski definition) is 1. The molecule has 0 aromatic heterocycles. The summed E-state index contributed by atoms with van der Waals surface area (Å²) in [6.45, 7) is 6.29. The van der Waals surface area contributed by atoms with Crippen molar-refractivity contribution in [3.8, 4) is 11.5 Å². The highest BCUT2D eigenvalue weighted by Gasteiger charge is 2.46. The lowest BCUT2D eigenvalue weighted by Crippen LogP contribution is -2.29. The second-order valence-electron chi connectivity index (χ2n) is 9.28. The summed E-state index contributed by atoms with van der Waals surface area (Å²) < 4.78 is 10.6. The first-order chi connectivity index (χ1) is 17.2. The first-order valence-corrected chi connectivity index (χ1v) is 11.9. The quantitative estimate of drug-likeness (QED) is 0.262. The number of carbonyl (C=O) groups is 2. The molecule has 36 heavy (non-hydrogen) atoms. The zero-order chi connectivity index (χ0) is 26.0. The predicted molar refractivity (Wildman–Crippen MR) is 139 cm³/mol. The number of aryl methyl sites for hydroxylation is 1. The predicted octanol–water partition coefficient (Wildman–Crippen LogP) is 5.76. The number of ether oxygens (including phenoxy) is 2. The van der Waals surface area contributed by atoms with Gasteiger partial charge in [-0.2, -0.15) is 0 Å². The van der Waals surface area contributed by atoms with Crippen LogP contribution < -0.4 is 9.47 Å². The number of methoxy groups -OCH3 is 2. The van der Waals surface area contributed by atoms with Crippen LogP contribution in [-0.2, 0) is 16.1 Å². The van der Waals surface area contributed by atoms with Crippen LogP contribution in [0.25, 0.3) is 5.76 Å². The lowest BCUT2D eigenvalue weighted by molar-refractivity contribution is -0.140. The molecule has 0 radical (unpaired) electrons. The van der Waals surface area contributed by atoms with Crippen molar-refractivity contribution < 1.29 is 24.2 Å². The summed E-state index contributed by atoms with van der Waals surface area (Å²) in [7, 11) is 3.17. The molecule has 0 aliphatic carbocycles. The smallest absolute Gasteiger partial charge is 0.295 e. The van der Waals surface area contributed by atoms with Crippen LogP contribution in [0.15, 0.2) is 72.3 Å². The van der Waals surface area contributed by atoms with E-state index in [1.54, 1.807) is 32.4 Å². The monoisotopic (exact) mass is 485 g/mol. The van der Waals surface area contributed by atoms with Crippen molar-refractivity contribution in [2.75, 3.05) is 14.2 Å². The molecule has 1 aliphatic rings. The topological polar surface area (TPSA) is 76.1 Å². The minimum absolute atomic E-state index is 0.0791. The maximum atomic E-state index is 13.3. The van der Waals surface area contributed by atoms with Crippen LogP contribution in [0.3, 0.4) is 0 Å². The van der Waals surface area contributed by atoms with Crippen molar-refractivity contribution in [2.45, 2.75) is 39.3 Å². The molecule has 6 nitrogen and oxygen atoms in total. The number of Topliss-reactive ketones (excluding diaryl/α,β-unsaturated/α-hetero) is 1. The van der Waals surface area contributed by atoms with Gasteiger partial charge in [-0.3, -0.25) is 9.59 Å². The van der Waals surface area contributed by atoms with Crippen molar-refractivity contribution >= 4 is 17.4 Å². The maximum absolute atomic E-state index is 13.3. The first-order valence-electron chi connectivity index (χ1n) is 11.9. The second-order valence-corrected chi connectivity index (χ2v) is 9.28. The van der Waals surface area contributed by atoms with Gasteiger partial charge in [-0.25, -0.2) is 0 Å². The Morgan fingerprint density at radius 1 is 0.944 bits per heavy atom. The molecule has 186 valence electrons. The van der Waals surface area contributed by atoms with Crippen LogP contribution in [0.5, 0.6) is 11.5 Å². The lowest BCUT2D eigenvalue weighted by atomic mass is 9.92. The maximum Gasteiger partial charge on any atom is 0.295 e. The van der Waals surface area contributed by atoms with Gasteiger partial charge in [0.2, 0.25) is 0 Å². The van der Waals surface area contributed by atoms with Crippen molar-refractivity contribution in [3.05, 3.63) is 100 Å². The van der Waals surface area contributed by atoms with E-state index in [4.69, 9.17) is 9.47 Å². The fourth-order valence-corrected chi connectivity index (χ4v) is 4.56. The van der Waals surface area contributed by atoms with Crippen LogP contribution >= 0.6 is 0 Å². The highest BCUT2D eigenvalue weighted by Crippen LogP contribution is 2.41. The van der Waals surface area contributed by atoms with Crippen molar-refractivity contribution in [1.82, 2.24) is 4.90 Å². The Balaban J connectivity index is 1.83. The van der Waals surface area contributed by atoms with E-state index >= 15 is 0 Å². The number of benzene rings is 3. The number of hydrogen-bond acceptors (Lipinski definition) is 5. The molecule has 4 rings (SSSR count). The normalized spacial score (nSPS) is 17.1. The standard InChI is InChI=1S/C30H31NO5/c1-18(2)21-8-10-22(11-9-21)27-26(28(32)23-12-15-25(36-5)19(3)16-23)29(33)30(34)31(27)17-20-6-13-24(35-4)14-7-20/h6-16,18,27,32H,17H2,1-5H3/b28-26-. The average Bonchev–Trinajstić information content (AvgIpc) is 3.13. The Bertz CT molecular complexity index is 1310. The molecule has 1 N–H and O–H groups in total. The minimum Gasteiger partial charge on any atom is -0.507 e. The summed E-state index contributed by atoms with van der Waals surface area (Å²) >= 11 is 0. The van der Waals surface area contributed by atoms with Gasteiger partial charge in [0.25, 0.3) is 11.7 Å². The van der Waals surface area contributed by atoms with Crippen molar-refractivity contribution in [2.24, 2.45) is 0 Å². The van der Waals surface area contributed by atoms with E-state index in [-0.39, 0.29) is 17.9 Å². The number of amides is 1. The zero-order valence-electron chi connectivity index (χ0n) is 21.2. The summed E-state index contributed by atoms with van der Waals surface area (Å²) in [4.78, 5) is 28.2. The summed E-state index contributed by atoms with van der Waals surface area (Å²) in [5, 5.41) is 11.3. The van der Waals surface area contributed by atoms with E-state index in [0.717, 1.165) is 22.3 Å². The molecular formula is C30H31NO5. The molecule has 1 fully saturated rings.